The summed E-state index contributed by atoms with van der Waals surface area (Å²) in [4.78, 5) is 14.5. The molecule has 1 saturated heterocycles. The molecule has 2 heterocycles. The van der Waals surface area contributed by atoms with Crippen molar-refractivity contribution in [1.29, 1.82) is 0 Å². The van der Waals surface area contributed by atoms with Crippen molar-refractivity contribution in [3.8, 4) is 5.69 Å². The number of likely N-dealkylation sites (tertiary alicyclic amines) is 1. The van der Waals surface area contributed by atoms with Gasteiger partial charge < -0.3 is 10.6 Å². The summed E-state index contributed by atoms with van der Waals surface area (Å²) in [5, 5.41) is 4.62. The van der Waals surface area contributed by atoms with Gasteiger partial charge in [-0.1, -0.05) is 18.2 Å². The molecular formula is C18H25ClN4O. The summed E-state index contributed by atoms with van der Waals surface area (Å²) in [6.07, 6.45) is 1.44. The number of halogens is 1. The Morgan fingerprint density at radius 3 is 2.62 bits per heavy atom. The molecule has 0 saturated carbocycles. The molecule has 1 unspecified atom stereocenters. The number of para-hydroxylation sites is 1. The van der Waals surface area contributed by atoms with Gasteiger partial charge in [-0.2, -0.15) is 5.10 Å². The predicted octanol–water partition coefficient (Wildman–Crippen LogP) is 2.26. The molecule has 130 valence electrons. The van der Waals surface area contributed by atoms with E-state index >= 15 is 0 Å². The third kappa shape index (κ3) is 3.62. The van der Waals surface area contributed by atoms with Crippen molar-refractivity contribution in [2.75, 3.05) is 19.6 Å². The van der Waals surface area contributed by atoms with Gasteiger partial charge in [-0.05, 0) is 44.9 Å². The summed E-state index contributed by atoms with van der Waals surface area (Å²) in [7, 11) is 0. The molecule has 1 aliphatic rings. The number of hydrogen-bond acceptors (Lipinski definition) is 3. The number of rotatable bonds is 4. The van der Waals surface area contributed by atoms with Crippen LogP contribution in [0.15, 0.2) is 30.3 Å². The highest BCUT2D eigenvalue weighted by molar-refractivity contribution is 5.85. The first-order valence-corrected chi connectivity index (χ1v) is 8.18. The maximum absolute atomic E-state index is 12.6. The topological polar surface area (TPSA) is 64.2 Å². The smallest absolute Gasteiger partial charge is 0.227 e. The van der Waals surface area contributed by atoms with E-state index < -0.39 is 0 Å². The first-order chi connectivity index (χ1) is 11.1. The van der Waals surface area contributed by atoms with Crippen molar-refractivity contribution in [3.63, 3.8) is 0 Å². The van der Waals surface area contributed by atoms with E-state index in [0.717, 1.165) is 42.1 Å². The molecular weight excluding hydrogens is 324 g/mol. The van der Waals surface area contributed by atoms with Crippen LogP contribution in [-0.2, 0) is 11.2 Å². The van der Waals surface area contributed by atoms with Crippen LogP contribution < -0.4 is 5.73 Å². The third-order valence-corrected chi connectivity index (χ3v) is 4.74. The number of nitrogens with zero attached hydrogens (tertiary/aromatic N) is 3. The molecule has 0 radical (unpaired) electrons. The monoisotopic (exact) mass is 348 g/mol. The van der Waals surface area contributed by atoms with Crippen molar-refractivity contribution in [2.45, 2.75) is 26.7 Å². The van der Waals surface area contributed by atoms with Crippen LogP contribution in [-0.4, -0.2) is 40.2 Å². The first-order valence-electron chi connectivity index (χ1n) is 8.18. The predicted molar refractivity (Wildman–Crippen MR) is 97.7 cm³/mol. The van der Waals surface area contributed by atoms with Crippen LogP contribution in [0.3, 0.4) is 0 Å². The van der Waals surface area contributed by atoms with Gasteiger partial charge in [0.05, 0.1) is 17.8 Å². The lowest BCUT2D eigenvalue weighted by atomic mass is 10.1. The second kappa shape index (κ2) is 7.81. The van der Waals surface area contributed by atoms with Crippen molar-refractivity contribution in [1.82, 2.24) is 14.7 Å². The summed E-state index contributed by atoms with van der Waals surface area (Å²) in [5.74, 6) is 0.632. The van der Waals surface area contributed by atoms with Crippen LogP contribution in [0.4, 0.5) is 0 Å². The van der Waals surface area contributed by atoms with Gasteiger partial charge >= 0.3 is 0 Å². The summed E-state index contributed by atoms with van der Waals surface area (Å²) in [5.41, 5.74) is 9.74. The lowest BCUT2D eigenvalue weighted by molar-refractivity contribution is -0.129. The number of amides is 1. The average molecular weight is 349 g/mol. The number of benzene rings is 1. The van der Waals surface area contributed by atoms with Gasteiger partial charge in [0.1, 0.15) is 0 Å². The number of carbonyl (C=O) groups is 1. The zero-order valence-electron chi connectivity index (χ0n) is 14.2. The van der Waals surface area contributed by atoms with E-state index in [1.54, 1.807) is 0 Å². The number of hydrogen-bond donors (Lipinski definition) is 1. The molecule has 0 aliphatic carbocycles. The molecule has 6 heteroatoms. The van der Waals surface area contributed by atoms with Gasteiger partial charge in [0.25, 0.3) is 0 Å². The largest absolute Gasteiger partial charge is 0.342 e. The summed E-state index contributed by atoms with van der Waals surface area (Å²) < 4.78 is 1.92. The van der Waals surface area contributed by atoms with Crippen LogP contribution in [0.2, 0.25) is 0 Å². The summed E-state index contributed by atoms with van der Waals surface area (Å²) in [6, 6.07) is 10.0. The zero-order chi connectivity index (χ0) is 16.4. The van der Waals surface area contributed by atoms with Gasteiger partial charge in [-0.25, -0.2) is 4.68 Å². The quantitative estimate of drug-likeness (QED) is 0.921. The van der Waals surface area contributed by atoms with Crippen LogP contribution in [0.1, 0.15) is 23.4 Å². The van der Waals surface area contributed by atoms with Gasteiger partial charge in [0.15, 0.2) is 0 Å². The Bertz CT molecular complexity index is 699. The fourth-order valence-corrected chi connectivity index (χ4v) is 3.27. The second-order valence-electron chi connectivity index (χ2n) is 6.30. The molecule has 1 amide bonds. The third-order valence-electron chi connectivity index (χ3n) is 4.74. The standard InChI is InChI=1S/C18H24N4O.ClH/c1-13-17(10-18(23)21-9-8-15(11-19)12-21)14(2)22(20-13)16-6-4-3-5-7-16;/h3-7,15H,8-12,19H2,1-2H3;1H. The van der Waals surface area contributed by atoms with E-state index in [4.69, 9.17) is 5.73 Å². The molecule has 1 atom stereocenters. The number of nitrogens with two attached hydrogens (primary N) is 1. The van der Waals surface area contributed by atoms with E-state index in [1.807, 2.05) is 53.8 Å². The van der Waals surface area contributed by atoms with E-state index in [9.17, 15) is 4.79 Å². The SMILES string of the molecule is Cc1nn(-c2ccccc2)c(C)c1CC(=O)N1CCC(CN)C1.Cl. The molecule has 3 rings (SSSR count). The van der Waals surface area contributed by atoms with E-state index in [0.29, 0.717) is 18.9 Å². The summed E-state index contributed by atoms with van der Waals surface area (Å²) >= 11 is 0. The summed E-state index contributed by atoms with van der Waals surface area (Å²) in [6.45, 7) is 6.28. The molecule has 2 N–H and O–H groups in total. The van der Waals surface area contributed by atoms with Gasteiger partial charge in [-0.3, -0.25) is 4.79 Å². The Balaban J connectivity index is 0.00000208. The number of aromatic nitrogens is 2. The molecule has 1 aromatic carbocycles. The Morgan fingerprint density at radius 2 is 2.00 bits per heavy atom. The van der Waals surface area contributed by atoms with E-state index in [-0.39, 0.29) is 18.3 Å². The van der Waals surface area contributed by atoms with Gasteiger partial charge in [-0.15, -0.1) is 12.4 Å². The fourth-order valence-electron chi connectivity index (χ4n) is 3.27. The fraction of sp³-hybridized carbons (Fsp3) is 0.444. The minimum atomic E-state index is 0. The van der Waals surface area contributed by atoms with Crippen molar-refractivity contribution in [2.24, 2.45) is 11.7 Å². The van der Waals surface area contributed by atoms with Crippen LogP contribution in [0, 0.1) is 19.8 Å². The highest BCUT2D eigenvalue weighted by Gasteiger charge is 2.26. The van der Waals surface area contributed by atoms with Crippen molar-refractivity contribution >= 4 is 18.3 Å². The average Bonchev–Trinajstić information content (AvgIpc) is 3.16. The Hall–Kier alpha value is -1.85. The Morgan fingerprint density at radius 1 is 1.29 bits per heavy atom. The molecule has 1 fully saturated rings. The van der Waals surface area contributed by atoms with Crippen LogP contribution in [0.25, 0.3) is 5.69 Å². The normalized spacial score (nSPS) is 17.0. The highest BCUT2D eigenvalue weighted by atomic mass is 35.5. The van der Waals surface area contributed by atoms with E-state index in [1.165, 1.54) is 0 Å². The second-order valence-corrected chi connectivity index (χ2v) is 6.30. The Labute approximate surface area is 149 Å². The molecule has 1 aromatic heterocycles. The van der Waals surface area contributed by atoms with Crippen LogP contribution in [0.5, 0.6) is 0 Å². The van der Waals surface area contributed by atoms with Crippen molar-refractivity contribution in [3.05, 3.63) is 47.3 Å². The first kappa shape index (κ1) is 18.5. The molecule has 5 nitrogen and oxygen atoms in total. The molecule has 0 bridgehead atoms. The van der Waals surface area contributed by atoms with E-state index in [2.05, 4.69) is 5.10 Å². The Kier molecular flexibility index (Phi) is 6.02. The molecule has 2 aromatic rings. The number of carbonyl (C=O) groups excluding carboxylic acids is 1. The van der Waals surface area contributed by atoms with Gasteiger partial charge in [0, 0.05) is 24.3 Å². The molecule has 24 heavy (non-hydrogen) atoms. The minimum Gasteiger partial charge on any atom is -0.342 e. The minimum absolute atomic E-state index is 0. The lowest BCUT2D eigenvalue weighted by Crippen LogP contribution is -2.31. The van der Waals surface area contributed by atoms with Crippen molar-refractivity contribution < 1.29 is 4.79 Å². The molecule has 1 aliphatic heterocycles. The van der Waals surface area contributed by atoms with Crippen LogP contribution >= 0.6 is 12.4 Å². The highest BCUT2D eigenvalue weighted by Crippen LogP contribution is 2.21. The maximum atomic E-state index is 12.6. The maximum Gasteiger partial charge on any atom is 0.227 e. The zero-order valence-corrected chi connectivity index (χ0v) is 15.1. The van der Waals surface area contributed by atoms with Gasteiger partial charge in [0.2, 0.25) is 5.91 Å². The molecule has 0 spiro atoms. The number of aryl methyl sites for hydroxylation is 1. The lowest BCUT2D eigenvalue weighted by Gasteiger charge is -2.16.